The van der Waals surface area contributed by atoms with E-state index < -0.39 is 25.2 Å². The fourth-order valence-electron chi connectivity index (χ4n) is 3.22. The van der Waals surface area contributed by atoms with Crippen molar-refractivity contribution in [3.05, 3.63) is 48.7 Å². The van der Waals surface area contributed by atoms with Crippen molar-refractivity contribution in [3.63, 3.8) is 0 Å². The highest BCUT2D eigenvalue weighted by atomic mass is 16.6. The lowest BCUT2D eigenvalue weighted by Gasteiger charge is -2.34. The lowest BCUT2D eigenvalue weighted by Crippen LogP contribution is -2.52. The van der Waals surface area contributed by atoms with Crippen molar-refractivity contribution < 1.29 is 33.5 Å². The van der Waals surface area contributed by atoms with Gasteiger partial charge in [0.25, 0.3) is 0 Å². The Kier molecular flexibility index (Phi) is 6.92. The van der Waals surface area contributed by atoms with Gasteiger partial charge in [0.15, 0.2) is 0 Å². The van der Waals surface area contributed by atoms with Gasteiger partial charge >= 0.3 is 13.2 Å². The molecular weight excluding hydrogens is 379 g/mol. The van der Waals surface area contributed by atoms with E-state index in [1.807, 2.05) is 18.2 Å². The molecule has 0 bridgehead atoms. The molecule has 0 aliphatic carbocycles. The predicted octanol–water partition coefficient (Wildman–Crippen LogP) is 0.495. The van der Waals surface area contributed by atoms with Crippen molar-refractivity contribution in [2.45, 2.75) is 18.4 Å². The second-order valence-electron chi connectivity index (χ2n) is 6.69. The minimum atomic E-state index is -1.80. The zero-order valence-corrected chi connectivity index (χ0v) is 15.8. The number of carbonyl (C=O) groups is 2. The van der Waals surface area contributed by atoms with Gasteiger partial charge in [-0.1, -0.05) is 24.8 Å². The third-order valence-corrected chi connectivity index (χ3v) is 4.76. The summed E-state index contributed by atoms with van der Waals surface area (Å²) in [6, 6.07) is 6.89. The van der Waals surface area contributed by atoms with Crippen LogP contribution in [0.1, 0.15) is 5.56 Å². The Labute approximate surface area is 168 Å². The number of furan rings is 1. The second kappa shape index (κ2) is 9.59. The van der Waals surface area contributed by atoms with E-state index in [1.165, 1.54) is 17.2 Å². The second-order valence-corrected chi connectivity index (χ2v) is 6.69. The number of hydrogen-bond donors (Lipinski definition) is 3. The van der Waals surface area contributed by atoms with Gasteiger partial charge in [0.2, 0.25) is 5.91 Å². The minimum absolute atomic E-state index is 0.0890. The summed E-state index contributed by atoms with van der Waals surface area (Å²) in [7, 11) is -1.80. The van der Waals surface area contributed by atoms with Gasteiger partial charge in [0.1, 0.15) is 12.2 Å². The Morgan fingerprint density at radius 1 is 1.41 bits per heavy atom. The van der Waals surface area contributed by atoms with Gasteiger partial charge in [-0.2, -0.15) is 0 Å². The van der Waals surface area contributed by atoms with Crippen LogP contribution in [0.3, 0.4) is 0 Å². The standard InChI is InChI=1S/C19H23BN2O7/c1-2-18(23)22-7-8-27-11-14(22)12-29-19(24)21-17(20(25)26)9-13-10-28-16-6-4-3-5-15(13)16/h2-6,10,14,17,25-26H,1,7-9,11-12H2,(H,21,24)/t14?,17-/m0/s1. The molecule has 0 saturated carbocycles. The number of morpholine rings is 1. The molecule has 2 heterocycles. The van der Waals surface area contributed by atoms with Crippen LogP contribution in [0, 0.1) is 0 Å². The van der Waals surface area contributed by atoms with Crippen LogP contribution in [0.2, 0.25) is 0 Å². The summed E-state index contributed by atoms with van der Waals surface area (Å²) >= 11 is 0. The quantitative estimate of drug-likeness (QED) is 0.455. The average Bonchev–Trinajstić information content (AvgIpc) is 3.14. The first-order valence-electron chi connectivity index (χ1n) is 9.25. The van der Waals surface area contributed by atoms with E-state index in [0.717, 1.165) is 10.9 Å². The maximum atomic E-state index is 12.2. The summed E-state index contributed by atoms with van der Waals surface area (Å²) in [5.41, 5.74) is 1.39. The zero-order chi connectivity index (χ0) is 20.8. The summed E-state index contributed by atoms with van der Waals surface area (Å²) in [6.07, 6.45) is 2.03. The Bertz CT molecular complexity index is 869. The molecule has 1 saturated heterocycles. The summed E-state index contributed by atoms with van der Waals surface area (Å²) in [5.74, 6) is -1.27. The fourth-order valence-corrected chi connectivity index (χ4v) is 3.22. The third kappa shape index (κ3) is 5.17. The van der Waals surface area contributed by atoms with Gasteiger partial charge < -0.3 is 34.2 Å². The lowest BCUT2D eigenvalue weighted by molar-refractivity contribution is -0.136. The normalized spacial score (nSPS) is 17.6. The number of amides is 2. The van der Waals surface area contributed by atoms with E-state index in [-0.39, 0.29) is 25.5 Å². The van der Waals surface area contributed by atoms with Gasteiger partial charge in [-0.05, 0) is 24.1 Å². The van der Waals surface area contributed by atoms with E-state index >= 15 is 0 Å². The van der Waals surface area contributed by atoms with Crippen molar-refractivity contribution in [2.75, 3.05) is 26.4 Å². The van der Waals surface area contributed by atoms with Crippen LogP contribution in [0.25, 0.3) is 11.0 Å². The molecule has 9 nitrogen and oxygen atoms in total. The molecule has 3 N–H and O–H groups in total. The summed E-state index contributed by atoms with van der Waals surface area (Å²) in [6.45, 7) is 4.40. The van der Waals surface area contributed by atoms with Crippen LogP contribution >= 0.6 is 0 Å². The highest BCUT2D eigenvalue weighted by Crippen LogP contribution is 2.22. The molecule has 2 aromatic rings. The van der Waals surface area contributed by atoms with Crippen molar-refractivity contribution in [1.82, 2.24) is 10.2 Å². The molecule has 2 amide bonds. The maximum Gasteiger partial charge on any atom is 0.475 e. The minimum Gasteiger partial charge on any atom is -0.464 e. The van der Waals surface area contributed by atoms with Crippen LogP contribution in [0.15, 0.2) is 47.6 Å². The zero-order valence-electron chi connectivity index (χ0n) is 15.8. The molecule has 2 atom stereocenters. The van der Waals surface area contributed by atoms with Crippen LogP contribution in [-0.4, -0.2) is 72.4 Å². The molecule has 1 fully saturated rings. The molecular formula is C19H23BN2O7. The van der Waals surface area contributed by atoms with Gasteiger partial charge in [0, 0.05) is 11.9 Å². The van der Waals surface area contributed by atoms with Gasteiger partial charge in [-0.25, -0.2) is 4.79 Å². The number of nitrogens with zero attached hydrogens (tertiary/aromatic N) is 1. The molecule has 1 unspecified atom stereocenters. The van der Waals surface area contributed by atoms with E-state index in [2.05, 4.69) is 11.9 Å². The van der Waals surface area contributed by atoms with Crippen LogP contribution in [0.5, 0.6) is 0 Å². The summed E-state index contributed by atoms with van der Waals surface area (Å²) in [5, 5.41) is 22.6. The van der Waals surface area contributed by atoms with Crippen molar-refractivity contribution in [3.8, 4) is 0 Å². The highest BCUT2D eigenvalue weighted by molar-refractivity contribution is 6.43. The number of rotatable bonds is 7. The van der Waals surface area contributed by atoms with Crippen molar-refractivity contribution in [1.29, 1.82) is 0 Å². The predicted molar refractivity (Wildman–Crippen MR) is 105 cm³/mol. The number of fused-ring (bicyclic) bond motifs is 1. The average molecular weight is 402 g/mol. The summed E-state index contributed by atoms with van der Waals surface area (Å²) in [4.78, 5) is 25.6. The highest BCUT2D eigenvalue weighted by Gasteiger charge is 2.30. The first kappa shape index (κ1) is 20.9. The van der Waals surface area contributed by atoms with Crippen molar-refractivity contribution in [2.24, 2.45) is 0 Å². The first-order chi connectivity index (χ1) is 14.0. The van der Waals surface area contributed by atoms with E-state index in [1.54, 1.807) is 6.07 Å². The van der Waals surface area contributed by atoms with Crippen LogP contribution < -0.4 is 5.32 Å². The number of hydrogen-bond acceptors (Lipinski definition) is 7. The Balaban J connectivity index is 1.58. The third-order valence-electron chi connectivity index (χ3n) is 4.76. The largest absolute Gasteiger partial charge is 0.475 e. The van der Waals surface area contributed by atoms with Crippen LogP contribution in [-0.2, 0) is 20.7 Å². The molecule has 29 heavy (non-hydrogen) atoms. The van der Waals surface area contributed by atoms with Crippen LogP contribution in [0.4, 0.5) is 4.79 Å². The Morgan fingerprint density at radius 3 is 2.97 bits per heavy atom. The summed E-state index contributed by atoms with van der Waals surface area (Å²) < 4.78 is 16.0. The van der Waals surface area contributed by atoms with Crippen molar-refractivity contribution >= 4 is 30.1 Å². The fraction of sp³-hybridized carbons (Fsp3) is 0.368. The Hall–Kier alpha value is -2.82. The smallest absolute Gasteiger partial charge is 0.464 e. The topological polar surface area (TPSA) is 121 Å². The van der Waals surface area contributed by atoms with Gasteiger partial charge in [0.05, 0.1) is 31.5 Å². The number of para-hydroxylation sites is 1. The first-order valence-corrected chi connectivity index (χ1v) is 9.25. The molecule has 1 aromatic heterocycles. The molecule has 10 heteroatoms. The molecule has 0 spiro atoms. The monoisotopic (exact) mass is 402 g/mol. The SMILES string of the molecule is C=CC(=O)N1CCOCC1COC(=O)N[C@@H](Cc1coc2ccccc12)B(O)O. The number of carbonyl (C=O) groups excluding carboxylic acids is 2. The number of alkyl carbamates (subject to hydrolysis) is 1. The van der Waals surface area contributed by atoms with E-state index in [0.29, 0.717) is 18.7 Å². The lowest BCUT2D eigenvalue weighted by atomic mass is 9.76. The van der Waals surface area contributed by atoms with Gasteiger partial charge in [-0.15, -0.1) is 0 Å². The maximum absolute atomic E-state index is 12.2. The number of nitrogens with one attached hydrogen (secondary N) is 1. The molecule has 154 valence electrons. The van der Waals surface area contributed by atoms with E-state index in [4.69, 9.17) is 13.9 Å². The van der Waals surface area contributed by atoms with E-state index in [9.17, 15) is 19.6 Å². The Morgan fingerprint density at radius 2 is 2.21 bits per heavy atom. The number of benzene rings is 1. The molecule has 1 aliphatic rings. The molecule has 0 radical (unpaired) electrons. The van der Waals surface area contributed by atoms with Gasteiger partial charge in [-0.3, -0.25) is 4.79 Å². The number of ether oxygens (including phenoxy) is 2. The molecule has 1 aromatic carbocycles. The molecule has 3 rings (SSSR count). The molecule has 1 aliphatic heterocycles.